The highest BCUT2D eigenvalue weighted by atomic mass is 15.4. The van der Waals surface area contributed by atoms with Crippen LogP contribution in [-0.2, 0) is 0 Å². The number of anilines is 3. The van der Waals surface area contributed by atoms with Gasteiger partial charge in [-0.25, -0.2) is 0 Å². The molecule has 2 heterocycles. The Morgan fingerprint density at radius 2 is 1.38 bits per heavy atom. The summed E-state index contributed by atoms with van der Waals surface area (Å²) in [5.41, 5.74) is 6.01. The van der Waals surface area contributed by atoms with Crippen molar-refractivity contribution in [3.8, 4) is 0 Å². The minimum atomic E-state index is -0.113. The first-order valence-corrected chi connectivity index (χ1v) is 7.37. The minimum Gasteiger partial charge on any atom is -0.357 e. The van der Waals surface area contributed by atoms with Crippen LogP contribution < -0.4 is 21.3 Å². The fourth-order valence-electron chi connectivity index (χ4n) is 3.59. The van der Waals surface area contributed by atoms with Gasteiger partial charge in [0.05, 0.1) is 0 Å². The molecule has 0 unspecified atom stereocenters. The van der Waals surface area contributed by atoms with Crippen LogP contribution in [0.25, 0.3) is 0 Å². The van der Waals surface area contributed by atoms with Crippen LogP contribution in [0.2, 0.25) is 0 Å². The molecular weight excluding hydrogens is 266 g/mol. The number of piperidine rings is 1. The van der Waals surface area contributed by atoms with E-state index in [9.17, 15) is 0 Å². The van der Waals surface area contributed by atoms with Gasteiger partial charge in [-0.05, 0) is 40.5 Å². The van der Waals surface area contributed by atoms with Crippen LogP contribution >= 0.6 is 0 Å². The van der Waals surface area contributed by atoms with Gasteiger partial charge in [-0.3, -0.25) is 0 Å². The highest BCUT2D eigenvalue weighted by Crippen LogP contribution is 2.40. The summed E-state index contributed by atoms with van der Waals surface area (Å²) in [5.74, 6) is 1.80. The van der Waals surface area contributed by atoms with E-state index in [4.69, 9.17) is 5.73 Å². The maximum atomic E-state index is 6.23. The van der Waals surface area contributed by atoms with Crippen molar-refractivity contribution in [2.24, 2.45) is 5.73 Å². The van der Waals surface area contributed by atoms with Crippen LogP contribution in [0, 0.1) is 0 Å². The van der Waals surface area contributed by atoms with Gasteiger partial charge in [0, 0.05) is 31.2 Å². The van der Waals surface area contributed by atoms with Gasteiger partial charge < -0.3 is 21.3 Å². The molecule has 7 heteroatoms. The molecule has 1 saturated heterocycles. The Kier molecular flexibility index (Phi) is 3.97. The van der Waals surface area contributed by atoms with Gasteiger partial charge in [0.15, 0.2) is 0 Å². The van der Waals surface area contributed by atoms with E-state index in [1.54, 1.807) is 14.1 Å². The summed E-state index contributed by atoms with van der Waals surface area (Å²) in [4.78, 5) is 15.7. The summed E-state index contributed by atoms with van der Waals surface area (Å²) in [6, 6.07) is 0.195. The molecule has 4 N–H and O–H groups in total. The van der Waals surface area contributed by atoms with Crippen molar-refractivity contribution in [1.29, 1.82) is 0 Å². The largest absolute Gasteiger partial charge is 0.357 e. The Morgan fingerprint density at radius 1 is 0.952 bits per heavy atom. The average Bonchev–Trinajstić information content (AvgIpc) is 2.34. The highest BCUT2D eigenvalue weighted by molar-refractivity contribution is 5.48. The Labute approximate surface area is 126 Å². The quantitative estimate of drug-likeness (QED) is 0.776. The van der Waals surface area contributed by atoms with E-state index in [-0.39, 0.29) is 17.1 Å². The maximum Gasteiger partial charge on any atom is 0.232 e. The fourth-order valence-corrected chi connectivity index (χ4v) is 3.59. The zero-order chi connectivity index (χ0) is 15.8. The molecule has 1 fully saturated rings. The van der Waals surface area contributed by atoms with Gasteiger partial charge in [-0.1, -0.05) is 0 Å². The summed E-state index contributed by atoms with van der Waals surface area (Å²) in [6.07, 6.45) is 1.82. The van der Waals surface area contributed by atoms with Gasteiger partial charge >= 0.3 is 0 Å². The number of nitrogens with one attached hydrogen (secondary N) is 2. The molecule has 1 aliphatic rings. The van der Waals surface area contributed by atoms with Gasteiger partial charge in [0.1, 0.15) is 0 Å². The first-order valence-electron chi connectivity index (χ1n) is 7.37. The minimum absolute atomic E-state index is 0.113. The topological polar surface area (TPSA) is 92.0 Å². The van der Waals surface area contributed by atoms with Crippen molar-refractivity contribution in [2.75, 3.05) is 29.6 Å². The van der Waals surface area contributed by atoms with Crippen molar-refractivity contribution in [2.45, 2.75) is 57.7 Å². The van der Waals surface area contributed by atoms with Crippen LogP contribution in [0.3, 0.4) is 0 Å². The first kappa shape index (κ1) is 15.8. The van der Waals surface area contributed by atoms with E-state index in [1.807, 2.05) is 0 Å². The summed E-state index contributed by atoms with van der Waals surface area (Å²) in [7, 11) is 3.61. The summed E-state index contributed by atoms with van der Waals surface area (Å²) < 4.78 is 0. The molecule has 1 aromatic heterocycles. The molecule has 0 atom stereocenters. The Balaban J connectivity index is 2.51. The lowest BCUT2D eigenvalue weighted by Crippen LogP contribution is -2.64. The SMILES string of the molecule is CNc1nc(NC)nc(N2C(C)(C)CC(N)CC2(C)C)n1. The second kappa shape index (κ2) is 5.29. The number of nitrogens with two attached hydrogens (primary N) is 1. The molecule has 118 valence electrons. The fraction of sp³-hybridized carbons (Fsp3) is 0.786. The maximum absolute atomic E-state index is 6.23. The molecule has 0 aliphatic carbocycles. The van der Waals surface area contributed by atoms with Crippen molar-refractivity contribution in [3.63, 3.8) is 0 Å². The number of aromatic nitrogens is 3. The van der Waals surface area contributed by atoms with E-state index < -0.39 is 0 Å². The molecular formula is C14H27N7. The lowest BCUT2D eigenvalue weighted by atomic mass is 9.77. The third kappa shape index (κ3) is 3.02. The van der Waals surface area contributed by atoms with Crippen molar-refractivity contribution < 1.29 is 0 Å². The molecule has 1 aliphatic heterocycles. The molecule has 7 nitrogen and oxygen atoms in total. The Morgan fingerprint density at radius 3 is 1.76 bits per heavy atom. The third-order valence-electron chi connectivity index (χ3n) is 4.00. The van der Waals surface area contributed by atoms with Gasteiger partial charge in [-0.15, -0.1) is 0 Å². The molecule has 0 amide bonds. The Bertz CT molecular complexity index is 472. The van der Waals surface area contributed by atoms with Crippen LogP contribution in [-0.4, -0.2) is 46.2 Å². The van der Waals surface area contributed by atoms with E-state index in [0.29, 0.717) is 17.8 Å². The molecule has 21 heavy (non-hydrogen) atoms. The van der Waals surface area contributed by atoms with E-state index >= 15 is 0 Å². The molecule has 1 aromatic rings. The van der Waals surface area contributed by atoms with Crippen molar-refractivity contribution >= 4 is 17.8 Å². The molecule has 0 bridgehead atoms. The molecule has 0 radical (unpaired) electrons. The van der Waals surface area contributed by atoms with Crippen LogP contribution in [0.15, 0.2) is 0 Å². The predicted octanol–water partition coefficient (Wildman–Crippen LogP) is 1.44. The normalized spacial score (nSPS) is 21.2. The third-order valence-corrected chi connectivity index (χ3v) is 4.00. The zero-order valence-corrected chi connectivity index (χ0v) is 13.9. The second-order valence-corrected chi connectivity index (χ2v) is 6.91. The monoisotopic (exact) mass is 293 g/mol. The molecule has 2 rings (SSSR count). The highest BCUT2D eigenvalue weighted by Gasteiger charge is 2.45. The van der Waals surface area contributed by atoms with E-state index in [2.05, 4.69) is 58.2 Å². The number of hydrogen-bond acceptors (Lipinski definition) is 7. The average molecular weight is 293 g/mol. The van der Waals surface area contributed by atoms with Gasteiger partial charge in [0.25, 0.3) is 0 Å². The number of nitrogens with zero attached hydrogens (tertiary/aromatic N) is 4. The van der Waals surface area contributed by atoms with Gasteiger partial charge in [-0.2, -0.15) is 15.0 Å². The Hall–Kier alpha value is -1.63. The van der Waals surface area contributed by atoms with Crippen LogP contribution in [0.5, 0.6) is 0 Å². The van der Waals surface area contributed by atoms with Crippen LogP contribution in [0.1, 0.15) is 40.5 Å². The second-order valence-electron chi connectivity index (χ2n) is 6.91. The van der Waals surface area contributed by atoms with Gasteiger partial charge in [0.2, 0.25) is 17.8 Å². The van der Waals surface area contributed by atoms with E-state index in [0.717, 1.165) is 12.8 Å². The summed E-state index contributed by atoms with van der Waals surface area (Å²) >= 11 is 0. The van der Waals surface area contributed by atoms with Crippen LogP contribution in [0.4, 0.5) is 17.8 Å². The smallest absolute Gasteiger partial charge is 0.232 e. The van der Waals surface area contributed by atoms with E-state index in [1.165, 1.54) is 0 Å². The molecule has 0 aromatic carbocycles. The summed E-state index contributed by atoms with van der Waals surface area (Å²) in [6.45, 7) is 8.76. The molecule has 0 spiro atoms. The predicted molar refractivity (Wildman–Crippen MR) is 86.8 cm³/mol. The lowest BCUT2D eigenvalue weighted by molar-refractivity contribution is 0.216. The van der Waals surface area contributed by atoms with Crippen molar-refractivity contribution in [3.05, 3.63) is 0 Å². The van der Waals surface area contributed by atoms with Crippen molar-refractivity contribution in [1.82, 2.24) is 15.0 Å². The number of rotatable bonds is 3. The standard InChI is InChI=1S/C14H27N7/c1-13(2)7-9(15)8-14(3,4)21(13)12-19-10(16-5)18-11(17-6)20-12/h9H,7-8,15H2,1-6H3,(H2,16,17,18,19,20). The first-order chi connectivity index (χ1) is 9.69. The number of hydrogen-bond donors (Lipinski definition) is 3. The zero-order valence-electron chi connectivity index (χ0n) is 13.9. The lowest BCUT2D eigenvalue weighted by Gasteiger charge is -2.54. The summed E-state index contributed by atoms with van der Waals surface area (Å²) in [5, 5.41) is 5.98. The molecule has 0 saturated carbocycles.